The monoisotopic (exact) mass is 334 g/mol. The normalized spacial score (nSPS) is 14.0. The Bertz CT molecular complexity index is 259. The van der Waals surface area contributed by atoms with Crippen molar-refractivity contribution >= 4 is 17.6 Å². The molecule has 0 aliphatic heterocycles. The number of carbonyl (C=O) groups is 1. The standard InChI is InChI=1S/C18H35ClO3/c1-2-3-4-5-8-11-14-17(20)16(19)13-10-7-6-9-12-15-18(21)22/h16-17,20H,2-15H2,1H3,(H,21,22)/t16-,17-/m0/s1. The Labute approximate surface area is 141 Å². The van der Waals surface area contributed by atoms with E-state index in [-0.39, 0.29) is 17.9 Å². The van der Waals surface area contributed by atoms with Crippen LogP contribution in [-0.4, -0.2) is 27.7 Å². The maximum atomic E-state index is 10.4. The minimum Gasteiger partial charge on any atom is -0.481 e. The predicted molar refractivity (Wildman–Crippen MR) is 93.6 cm³/mol. The summed E-state index contributed by atoms with van der Waals surface area (Å²) in [5, 5.41) is 18.4. The summed E-state index contributed by atoms with van der Waals surface area (Å²) in [6, 6.07) is 0. The molecule has 0 aromatic rings. The van der Waals surface area contributed by atoms with E-state index in [0.717, 1.165) is 51.4 Å². The van der Waals surface area contributed by atoms with Crippen molar-refractivity contribution in [2.75, 3.05) is 0 Å². The van der Waals surface area contributed by atoms with Crippen LogP contribution in [0.5, 0.6) is 0 Å². The van der Waals surface area contributed by atoms with Crippen molar-refractivity contribution < 1.29 is 15.0 Å². The van der Waals surface area contributed by atoms with E-state index in [1.165, 1.54) is 32.1 Å². The van der Waals surface area contributed by atoms with E-state index >= 15 is 0 Å². The topological polar surface area (TPSA) is 57.5 Å². The fourth-order valence-electron chi connectivity index (χ4n) is 2.65. The van der Waals surface area contributed by atoms with Gasteiger partial charge in [-0.05, 0) is 19.3 Å². The van der Waals surface area contributed by atoms with Crippen LogP contribution in [0.15, 0.2) is 0 Å². The first-order valence-corrected chi connectivity index (χ1v) is 9.55. The predicted octanol–water partition coefficient (Wildman–Crippen LogP) is 5.52. The lowest BCUT2D eigenvalue weighted by molar-refractivity contribution is -0.137. The van der Waals surface area contributed by atoms with Gasteiger partial charge in [0.05, 0.1) is 11.5 Å². The maximum absolute atomic E-state index is 10.4. The highest BCUT2D eigenvalue weighted by molar-refractivity contribution is 6.21. The third-order valence-electron chi connectivity index (χ3n) is 4.14. The molecule has 3 nitrogen and oxygen atoms in total. The van der Waals surface area contributed by atoms with Gasteiger partial charge in [0.25, 0.3) is 0 Å². The second-order valence-corrected chi connectivity index (χ2v) is 6.90. The number of carboxylic acid groups (broad SMARTS) is 1. The summed E-state index contributed by atoms with van der Waals surface area (Å²) in [6.07, 6.45) is 13.9. The highest BCUT2D eigenvalue weighted by atomic mass is 35.5. The first kappa shape index (κ1) is 21.7. The third-order valence-corrected chi connectivity index (χ3v) is 4.65. The van der Waals surface area contributed by atoms with E-state index in [0.29, 0.717) is 0 Å². The highest BCUT2D eigenvalue weighted by Gasteiger charge is 2.15. The molecule has 0 aliphatic carbocycles. The van der Waals surface area contributed by atoms with Crippen molar-refractivity contribution in [3.63, 3.8) is 0 Å². The van der Waals surface area contributed by atoms with Crippen LogP contribution >= 0.6 is 11.6 Å². The molecular formula is C18H35ClO3. The molecule has 0 heterocycles. The van der Waals surface area contributed by atoms with Crippen LogP contribution in [-0.2, 0) is 4.79 Å². The molecule has 22 heavy (non-hydrogen) atoms. The van der Waals surface area contributed by atoms with Gasteiger partial charge in [-0.3, -0.25) is 4.79 Å². The van der Waals surface area contributed by atoms with E-state index < -0.39 is 5.97 Å². The minimum atomic E-state index is -0.710. The largest absolute Gasteiger partial charge is 0.481 e. The van der Waals surface area contributed by atoms with Gasteiger partial charge in [-0.1, -0.05) is 71.1 Å². The molecule has 0 fully saturated rings. The summed E-state index contributed by atoms with van der Waals surface area (Å²) in [7, 11) is 0. The molecule has 0 saturated carbocycles. The third kappa shape index (κ3) is 14.6. The zero-order valence-electron chi connectivity index (χ0n) is 14.2. The SMILES string of the molecule is CCCCCCCC[C@H](O)[C@@H](Cl)CCCCCCCC(=O)O. The summed E-state index contributed by atoms with van der Waals surface area (Å²) in [5.74, 6) is -0.710. The van der Waals surface area contributed by atoms with E-state index in [4.69, 9.17) is 16.7 Å². The van der Waals surface area contributed by atoms with Crippen molar-refractivity contribution in [3.8, 4) is 0 Å². The van der Waals surface area contributed by atoms with Gasteiger partial charge in [-0.15, -0.1) is 11.6 Å². The second kappa shape index (κ2) is 15.6. The molecule has 0 amide bonds. The van der Waals surface area contributed by atoms with Gasteiger partial charge in [-0.2, -0.15) is 0 Å². The van der Waals surface area contributed by atoms with E-state index in [9.17, 15) is 9.90 Å². The number of aliphatic hydroxyl groups excluding tert-OH is 1. The van der Waals surface area contributed by atoms with Crippen LogP contribution < -0.4 is 0 Å². The Balaban J connectivity index is 3.38. The lowest BCUT2D eigenvalue weighted by atomic mass is 10.0. The quantitative estimate of drug-likeness (QED) is 0.288. The molecule has 132 valence electrons. The summed E-state index contributed by atoms with van der Waals surface area (Å²) < 4.78 is 0. The van der Waals surface area contributed by atoms with Crippen LogP contribution in [0.3, 0.4) is 0 Å². The van der Waals surface area contributed by atoms with Gasteiger partial charge in [0, 0.05) is 6.42 Å². The molecule has 0 saturated heterocycles. The molecule has 4 heteroatoms. The van der Waals surface area contributed by atoms with Gasteiger partial charge < -0.3 is 10.2 Å². The van der Waals surface area contributed by atoms with E-state index in [2.05, 4.69) is 6.92 Å². The minimum absolute atomic E-state index is 0.130. The maximum Gasteiger partial charge on any atom is 0.303 e. The fourth-order valence-corrected chi connectivity index (χ4v) is 2.93. The summed E-state index contributed by atoms with van der Waals surface area (Å²) in [6.45, 7) is 2.22. The molecular weight excluding hydrogens is 300 g/mol. The number of carboxylic acids is 1. The van der Waals surface area contributed by atoms with Crippen molar-refractivity contribution in [1.82, 2.24) is 0 Å². The Morgan fingerprint density at radius 1 is 0.864 bits per heavy atom. The van der Waals surface area contributed by atoms with Crippen molar-refractivity contribution in [3.05, 3.63) is 0 Å². The number of hydrogen-bond acceptors (Lipinski definition) is 2. The Morgan fingerprint density at radius 2 is 1.36 bits per heavy atom. The zero-order chi connectivity index (χ0) is 16.6. The molecule has 0 spiro atoms. The van der Waals surface area contributed by atoms with Crippen molar-refractivity contribution in [2.45, 2.75) is 108 Å². The van der Waals surface area contributed by atoms with Crippen LogP contribution in [0.25, 0.3) is 0 Å². The average molecular weight is 335 g/mol. The average Bonchev–Trinajstić information content (AvgIpc) is 2.49. The van der Waals surface area contributed by atoms with Crippen LogP contribution in [0.1, 0.15) is 96.8 Å². The van der Waals surface area contributed by atoms with Gasteiger partial charge in [0.1, 0.15) is 0 Å². The van der Waals surface area contributed by atoms with Crippen molar-refractivity contribution in [1.29, 1.82) is 0 Å². The number of aliphatic carboxylic acids is 1. The highest BCUT2D eigenvalue weighted by Crippen LogP contribution is 2.18. The van der Waals surface area contributed by atoms with Crippen LogP contribution in [0, 0.1) is 0 Å². The number of halogens is 1. The molecule has 0 radical (unpaired) electrons. The number of hydrogen-bond donors (Lipinski definition) is 2. The number of aliphatic hydroxyl groups is 1. The summed E-state index contributed by atoms with van der Waals surface area (Å²) in [5.41, 5.74) is 0. The van der Waals surface area contributed by atoms with Crippen molar-refractivity contribution in [2.24, 2.45) is 0 Å². The lowest BCUT2D eigenvalue weighted by Crippen LogP contribution is -2.20. The molecule has 0 aromatic heterocycles. The van der Waals surface area contributed by atoms with Crippen LogP contribution in [0.4, 0.5) is 0 Å². The fraction of sp³-hybridized carbons (Fsp3) is 0.944. The van der Waals surface area contributed by atoms with Crippen LogP contribution in [0.2, 0.25) is 0 Å². The number of alkyl halides is 1. The van der Waals surface area contributed by atoms with Gasteiger partial charge >= 0.3 is 5.97 Å². The van der Waals surface area contributed by atoms with E-state index in [1.807, 2.05) is 0 Å². The molecule has 0 aliphatic rings. The Morgan fingerprint density at radius 3 is 1.95 bits per heavy atom. The molecule has 2 N–H and O–H groups in total. The first-order chi connectivity index (χ1) is 10.6. The first-order valence-electron chi connectivity index (χ1n) is 9.11. The Kier molecular flexibility index (Phi) is 15.4. The molecule has 0 aromatic carbocycles. The van der Waals surface area contributed by atoms with Gasteiger partial charge in [0.15, 0.2) is 0 Å². The zero-order valence-corrected chi connectivity index (χ0v) is 15.0. The number of unbranched alkanes of at least 4 members (excludes halogenated alkanes) is 9. The van der Waals surface area contributed by atoms with Gasteiger partial charge in [-0.25, -0.2) is 0 Å². The summed E-state index contributed by atoms with van der Waals surface area (Å²) >= 11 is 6.25. The molecule has 2 atom stereocenters. The van der Waals surface area contributed by atoms with E-state index in [1.54, 1.807) is 0 Å². The second-order valence-electron chi connectivity index (χ2n) is 6.34. The Hall–Kier alpha value is -0.280. The lowest BCUT2D eigenvalue weighted by Gasteiger charge is -2.16. The molecule has 0 bridgehead atoms. The molecule has 0 rings (SSSR count). The summed E-state index contributed by atoms with van der Waals surface area (Å²) in [4.78, 5) is 10.4. The number of rotatable bonds is 16. The molecule has 0 unspecified atom stereocenters. The smallest absolute Gasteiger partial charge is 0.303 e. The van der Waals surface area contributed by atoms with Gasteiger partial charge in [0.2, 0.25) is 0 Å².